The minimum Gasteiger partial charge on any atom is -0.487 e. The third-order valence-electron chi connectivity index (χ3n) is 3.01. The Morgan fingerprint density at radius 1 is 1.29 bits per heavy atom. The van der Waals surface area contributed by atoms with Gasteiger partial charge in [-0.05, 0) is 30.7 Å². The van der Waals surface area contributed by atoms with E-state index in [0.717, 1.165) is 11.8 Å². The molecule has 0 amide bonds. The highest BCUT2D eigenvalue weighted by atomic mass is 19.4. The summed E-state index contributed by atoms with van der Waals surface area (Å²) in [5.41, 5.74) is 0.730. The molecule has 114 valence electrons. The molecule has 1 heterocycles. The molecular weight excluding hydrogens is 285 g/mol. The molecule has 2 aromatic rings. The maximum absolute atomic E-state index is 13.0. The molecule has 0 atom stereocenters. The van der Waals surface area contributed by atoms with E-state index in [1.165, 1.54) is 12.1 Å². The van der Waals surface area contributed by atoms with Crippen molar-refractivity contribution in [1.29, 1.82) is 0 Å². The number of aliphatic hydroxyl groups excluding tert-OH is 1. The SMILES string of the molecule is Cc1cc(COc2ccc(CO)cc2C(F)(F)F)n(C)n1. The minimum atomic E-state index is -4.54. The fourth-order valence-corrected chi connectivity index (χ4v) is 1.97. The molecule has 0 aliphatic carbocycles. The van der Waals surface area contributed by atoms with E-state index in [4.69, 9.17) is 9.84 Å². The molecule has 0 fully saturated rings. The Bertz CT molecular complexity index is 636. The summed E-state index contributed by atoms with van der Waals surface area (Å²) in [5.74, 6) is -0.265. The van der Waals surface area contributed by atoms with Gasteiger partial charge in [0, 0.05) is 7.05 Å². The summed E-state index contributed by atoms with van der Waals surface area (Å²) in [5, 5.41) is 13.0. The highest BCUT2D eigenvalue weighted by Gasteiger charge is 2.34. The molecule has 2 rings (SSSR count). The molecule has 21 heavy (non-hydrogen) atoms. The lowest BCUT2D eigenvalue weighted by molar-refractivity contribution is -0.139. The van der Waals surface area contributed by atoms with Crippen LogP contribution in [-0.2, 0) is 26.4 Å². The van der Waals surface area contributed by atoms with Crippen molar-refractivity contribution in [3.8, 4) is 5.75 Å². The number of benzene rings is 1. The van der Waals surface area contributed by atoms with E-state index in [9.17, 15) is 13.2 Å². The van der Waals surface area contributed by atoms with Crippen molar-refractivity contribution in [3.05, 3.63) is 46.8 Å². The minimum absolute atomic E-state index is 0.0150. The second-order valence-electron chi connectivity index (χ2n) is 4.68. The zero-order chi connectivity index (χ0) is 15.6. The highest BCUT2D eigenvalue weighted by molar-refractivity contribution is 5.39. The Labute approximate surface area is 119 Å². The van der Waals surface area contributed by atoms with Crippen molar-refractivity contribution in [2.24, 2.45) is 7.05 Å². The number of hydrogen-bond acceptors (Lipinski definition) is 3. The summed E-state index contributed by atoms with van der Waals surface area (Å²) in [6.07, 6.45) is -4.54. The number of aryl methyl sites for hydroxylation is 2. The van der Waals surface area contributed by atoms with Gasteiger partial charge in [-0.15, -0.1) is 0 Å². The van der Waals surface area contributed by atoms with Crippen LogP contribution < -0.4 is 4.74 Å². The number of ether oxygens (including phenoxy) is 1. The fourth-order valence-electron chi connectivity index (χ4n) is 1.97. The molecule has 7 heteroatoms. The van der Waals surface area contributed by atoms with Crippen LogP contribution in [0.4, 0.5) is 13.2 Å². The summed E-state index contributed by atoms with van der Waals surface area (Å²) < 4.78 is 45.8. The van der Waals surface area contributed by atoms with Crippen LogP contribution in [0.1, 0.15) is 22.5 Å². The van der Waals surface area contributed by atoms with Crippen LogP contribution in [0.2, 0.25) is 0 Å². The molecule has 0 saturated heterocycles. The first-order chi connectivity index (χ1) is 9.81. The second-order valence-corrected chi connectivity index (χ2v) is 4.68. The Kier molecular flexibility index (Phi) is 4.22. The van der Waals surface area contributed by atoms with Gasteiger partial charge >= 0.3 is 6.18 Å². The van der Waals surface area contributed by atoms with E-state index in [1.807, 2.05) is 0 Å². The number of aromatic nitrogens is 2. The van der Waals surface area contributed by atoms with Gasteiger partial charge in [0.2, 0.25) is 0 Å². The van der Waals surface area contributed by atoms with E-state index in [-0.39, 0.29) is 17.9 Å². The van der Waals surface area contributed by atoms with E-state index in [0.29, 0.717) is 5.69 Å². The lowest BCUT2D eigenvalue weighted by atomic mass is 10.1. The van der Waals surface area contributed by atoms with Crippen molar-refractivity contribution in [3.63, 3.8) is 0 Å². The quantitative estimate of drug-likeness (QED) is 0.944. The summed E-state index contributed by atoms with van der Waals surface area (Å²) in [4.78, 5) is 0. The van der Waals surface area contributed by atoms with Crippen LogP contribution in [0.15, 0.2) is 24.3 Å². The maximum atomic E-state index is 13.0. The second kappa shape index (κ2) is 5.77. The first kappa shape index (κ1) is 15.4. The molecule has 0 spiro atoms. The molecule has 0 aliphatic rings. The van der Waals surface area contributed by atoms with E-state index in [2.05, 4.69) is 5.10 Å². The van der Waals surface area contributed by atoms with Gasteiger partial charge in [0.25, 0.3) is 0 Å². The first-order valence-corrected chi connectivity index (χ1v) is 6.24. The van der Waals surface area contributed by atoms with Gasteiger partial charge in [0.05, 0.1) is 23.6 Å². The largest absolute Gasteiger partial charge is 0.487 e. The zero-order valence-electron chi connectivity index (χ0n) is 11.6. The monoisotopic (exact) mass is 300 g/mol. The third-order valence-corrected chi connectivity index (χ3v) is 3.01. The summed E-state index contributed by atoms with van der Waals surface area (Å²) in [6, 6.07) is 5.26. The number of aliphatic hydroxyl groups is 1. The van der Waals surface area contributed by atoms with Gasteiger partial charge in [-0.25, -0.2) is 0 Å². The molecule has 1 N–H and O–H groups in total. The standard InChI is InChI=1S/C14H15F3N2O2/c1-9-5-11(19(2)18-9)8-21-13-4-3-10(7-20)6-12(13)14(15,16)17/h3-6,20H,7-8H2,1-2H3. The Balaban J connectivity index is 2.25. The molecule has 1 aromatic heterocycles. The molecule has 0 unspecified atom stereocenters. The lowest BCUT2D eigenvalue weighted by Gasteiger charge is -2.15. The van der Waals surface area contributed by atoms with Gasteiger partial charge in [0.1, 0.15) is 12.4 Å². The molecule has 0 aliphatic heterocycles. The molecule has 0 saturated carbocycles. The van der Waals surface area contributed by atoms with E-state index in [1.54, 1.807) is 24.7 Å². The third kappa shape index (κ3) is 3.55. The number of hydrogen-bond donors (Lipinski definition) is 1. The summed E-state index contributed by atoms with van der Waals surface area (Å²) in [6.45, 7) is 1.32. The Morgan fingerprint density at radius 3 is 2.52 bits per heavy atom. The van der Waals surface area contributed by atoms with Crippen LogP contribution >= 0.6 is 0 Å². The van der Waals surface area contributed by atoms with Crippen molar-refractivity contribution < 1.29 is 23.0 Å². The highest BCUT2D eigenvalue weighted by Crippen LogP contribution is 2.37. The van der Waals surface area contributed by atoms with Gasteiger partial charge in [-0.1, -0.05) is 6.07 Å². The van der Waals surface area contributed by atoms with Crippen LogP contribution in [-0.4, -0.2) is 14.9 Å². The smallest absolute Gasteiger partial charge is 0.419 e. The maximum Gasteiger partial charge on any atom is 0.419 e. The van der Waals surface area contributed by atoms with Gasteiger partial charge < -0.3 is 9.84 Å². The van der Waals surface area contributed by atoms with Crippen LogP contribution in [0.5, 0.6) is 5.75 Å². The molecule has 0 radical (unpaired) electrons. The van der Waals surface area contributed by atoms with Crippen molar-refractivity contribution in [1.82, 2.24) is 9.78 Å². The lowest BCUT2D eigenvalue weighted by Crippen LogP contribution is -2.10. The number of rotatable bonds is 4. The number of alkyl halides is 3. The average molecular weight is 300 g/mol. The predicted molar refractivity (Wildman–Crippen MR) is 69.6 cm³/mol. The molecular formula is C14H15F3N2O2. The number of nitrogens with zero attached hydrogens (tertiary/aromatic N) is 2. The zero-order valence-corrected chi connectivity index (χ0v) is 11.6. The number of halogens is 3. The van der Waals surface area contributed by atoms with Gasteiger partial charge in [-0.3, -0.25) is 4.68 Å². The first-order valence-electron chi connectivity index (χ1n) is 6.24. The topological polar surface area (TPSA) is 47.3 Å². The molecule has 1 aromatic carbocycles. The van der Waals surface area contributed by atoms with Crippen LogP contribution in [0.25, 0.3) is 0 Å². The van der Waals surface area contributed by atoms with Gasteiger partial charge in [-0.2, -0.15) is 18.3 Å². The van der Waals surface area contributed by atoms with E-state index >= 15 is 0 Å². The van der Waals surface area contributed by atoms with E-state index < -0.39 is 18.3 Å². The molecule has 4 nitrogen and oxygen atoms in total. The van der Waals surface area contributed by atoms with Crippen LogP contribution in [0.3, 0.4) is 0 Å². The summed E-state index contributed by atoms with van der Waals surface area (Å²) in [7, 11) is 1.70. The Hall–Kier alpha value is -2.02. The van der Waals surface area contributed by atoms with Crippen LogP contribution in [0, 0.1) is 6.92 Å². The molecule has 0 bridgehead atoms. The normalized spacial score (nSPS) is 11.7. The van der Waals surface area contributed by atoms with Crippen molar-refractivity contribution in [2.45, 2.75) is 26.3 Å². The van der Waals surface area contributed by atoms with Gasteiger partial charge in [0.15, 0.2) is 0 Å². The van der Waals surface area contributed by atoms with Crippen molar-refractivity contribution in [2.75, 3.05) is 0 Å². The average Bonchev–Trinajstić information content (AvgIpc) is 2.73. The summed E-state index contributed by atoms with van der Waals surface area (Å²) >= 11 is 0. The fraction of sp³-hybridized carbons (Fsp3) is 0.357. The Morgan fingerprint density at radius 2 is 2.00 bits per heavy atom. The predicted octanol–water partition coefficient (Wildman–Crippen LogP) is 2.82. The van der Waals surface area contributed by atoms with Crippen molar-refractivity contribution >= 4 is 0 Å².